The first-order valence-electron chi connectivity index (χ1n) is 5.26. The molecule has 6 heteroatoms. The molecule has 2 N–H and O–H groups in total. The minimum absolute atomic E-state index is 0.672. The van der Waals surface area contributed by atoms with Crippen molar-refractivity contribution >= 4 is 11.3 Å². The van der Waals surface area contributed by atoms with Crippen LogP contribution in [0.25, 0.3) is 17.2 Å². The summed E-state index contributed by atoms with van der Waals surface area (Å²) in [5, 5.41) is 12.6. The Balaban J connectivity index is 2.26. The first-order chi connectivity index (χ1) is 8.15. The van der Waals surface area contributed by atoms with Crippen molar-refractivity contribution in [1.82, 2.24) is 24.4 Å². The molecule has 0 radical (unpaired) electrons. The van der Waals surface area contributed by atoms with Gasteiger partial charge >= 0.3 is 0 Å². The van der Waals surface area contributed by atoms with Crippen LogP contribution in [-0.4, -0.2) is 24.4 Å². The maximum absolute atomic E-state index is 5.76. The van der Waals surface area contributed by atoms with Gasteiger partial charge in [-0.3, -0.25) is 9.08 Å². The van der Waals surface area contributed by atoms with Gasteiger partial charge in [0.1, 0.15) is 5.69 Å². The van der Waals surface area contributed by atoms with Crippen LogP contribution in [0.5, 0.6) is 0 Å². The second-order valence-corrected chi connectivity index (χ2v) is 4.01. The zero-order chi connectivity index (χ0) is 12.0. The van der Waals surface area contributed by atoms with Crippen LogP contribution >= 0.6 is 0 Å². The van der Waals surface area contributed by atoms with Crippen molar-refractivity contribution in [1.29, 1.82) is 0 Å². The Bertz CT molecular complexity index is 674. The fourth-order valence-corrected chi connectivity index (χ4v) is 1.75. The van der Waals surface area contributed by atoms with Crippen LogP contribution in [0.15, 0.2) is 24.4 Å². The number of nitrogens with two attached hydrogens (primary N) is 1. The zero-order valence-electron chi connectivity index (χ0n) is 9.62. The van der Waals surface area contributed by atoms with Crippen molar-refractivity contribution in [2.24, 2.45) is 7.05 Å². The molecule has 3 rings (SSSR count). The van der Waals surface area contributed by atoms with Gasteiger partial charge in [-0.25, -0.2) is 0 Å². The third-order valence-electron chi connectivity index (χ3n) is 2.77. The first-order valence-corrected chi connectivity index (χ1v) is 5.26. The number of aryl methyl sites for hydroxylation is 2. The summed E-state index contributed by atoms with van der Waals surface area (Å²) in [7, 11) is 1.90. The SMILES string of the molecule is Cc1cc(-c2nnc3ccc(N)cn23)nn1C. The highest BCUT2D eigenvalue weighted by molar-refractivity contribution is 5.58. The number of hydrogen-bond donors (Lipinski definition) is 1. The van der Waals surface area contributed by atoms with Crippen molar-refractivity contribution in [3.05, 3.63) is 30.1 Å². The predicted octanol–water partition coefficient (Wildman–Crippen LogP) is 1.02. The summed E-state index contributed by atoms with van der Waals surface area (Å²) in [6, 6.07) is 5.61. The highest BCUT2D eigenvalue weighted by Gasteiger charge is 2.11. The lowest BCUT2D eigenvalue weighted by Crippen LogP contribution is -1.95. The molecule has 0 aliphatic heterocycles. The Labute approximate surface area is 97.7 Å². The molecule has 3 aromatic rings. The first kappa shape index (κ1) is 9.83. The molecule has 6 nitrogen and oxygen atoms in total. The third kappa shape index (κ3) is 1.45. The summed E-state index contributed by atoms with van der Waals surface area (Å²) < 4.78 is 3.65. The number of nitrogens with zero attached hydrogens (tertiary/aromatic N) is 5. The lowest BCUT2D eigenvalue weighted by Gasteiger charge is -1.97. The summed E-state index contributed by atoms with van der Waals surface area (Å²) >= 11 is 0. The predicted molar refractivity (Wildman–Crippen MR) is 64.3 cm³/mol. The largest absolute Gasteiger partial charge is 0.398 e. The van der Waals surface area contributed by atoms with E-state index >= 15 is 0 Å². The number of aromatic nitrogens is 5. The second kappa shape index (κ2) is 3.31. The molecule has 0 bridgehead atoms. The van der Waals surface area contributed by atoms with Gasteiger partial charge in [-0.2, -0.15) is 5.10 Å². The van der Waals surface area contributed by atoms with E-state index in [1.807, 2.05) is 35.2 Å². The van der Waals surface area contributed by atoms with Gasteiger partial charge in [0.25, 0.3) is 0 Å². The average Bonchev–Trinajstić information content (AvgIpc) is 2.83. The van der Waals surface area contributed by atoms with Crippen LogP contribution in [0.1, 0.15) is 5.69 Å². The van der Waals surface area contributed by atoms with E-state index in [0.717, 1.165) is 17.0 Å². The molecule has 0 saturated carbocycles. The van der Waals surface area contributed by atoms with Crippen LogP contribution in [0, 0.1) is 6.92 Å². The van der Waals surface area contributed by atoms with Crippen LogP contribution in [0.2, 0.25) is 0 Å². The van der Waals surface area contributed by atoms with Gasteiger partial charge in [-0.05, 0) is 25.1 Å². The van der Waals surface area contributed by atoms with E-state index in [1.54, 1.807) is 12.3 Å². The van der Waals surface area contributed by atoms with Gasteiger partial charge in [0.2, 0.25) is 0 Å². The lowest BCUT2D eigenvalue weighted by molar-refractivity contribution is 0.741. The number of anilines is 1. The molecule has 3 heterocycles. The molecular weight excluding hydrogens is 216 g/mol. The van der Waals surface area contributed by atoms with Crippen LogP contribution in [0.3, 0.4) is 0 Å². The Morgan fingerprint density at radius 2 is 2.06 bits per heavy atom. The number of fused-ring (bicyclic) bond motifs is 1. The van der Waals surface area contributed by atoms with Crippen LogP contribution in [0.4, 0.5) is 5.69 Å². The van der Waals surface area contributed by atoms with Crippen LogP contribution in [-0.2, 0) is 7.05 Å². The van der Waals surface area contributed by atoms with Crippen molar-refractivity contribution < 1.29 is 0 Å². The average molecular weight is 228 g/mol. The quantitative estimate of drug-likeness (QED) is 0.674. The molecule has 0 fully saturated rings. The summed E-state index contributed by atoms with van der Waals surface area (Å²) in [6.45, 7) is 1.99. The second-order valence-electron chi connectivity index (χ2n) is 4.01. The summed E-state index contributed by atoms with van der Waals surface area (Å²) in [5.41, 5.74) is 9.06. The van der Waals surface area contributed by atoms with Gasteiger partial charge in [0.05, 0.1) is 0 Å². The summed E-state index contributed by atoms with van der Waals surface area (Å²) in [5.74, 6) is 0.705. The zero-order valence-corrected chi connectivity index (χ0v) is 9.62. The normalized spacial score (nSPS) is 11.2. The smallest absolute Gasteiger partial charge is 0.188 e. The summed E-state index contributed by atoms with van der Waals surface area (Å²) in [6.07, 6.45) is 1.80. The number of nitrogen functional groups attached to an aromatic ring is 1. The van der Waals surface area contributed by atoms with Gasteiger partial charge in [0.15, 0.2) is 11.5 Å². The topological polar surface area (TPSA) is 74.0 Å². The standard InChI is InChI=1S/C11H12N6/c1-7-5-9(15-16(7)2)11-14-13-10-4-3-8(12)6-17(10)11/h3-6H,12H2,1-2H3. The Morgan fingerprint density at radius 3 is 2.76 bits per heavy atom. The lowest BCUT2D eigenvalue weighted by atomic mass is 10.3. The highest BCUT2D eigenvalue weighted by Crippen LogP contribution is 2.18. The molecule has 86 valence electrons. The number of hydrogen-bond acceptors (Lipinski definition) is 4. The number of rotatable bonds is 1. The minimum atomic E-state index is 0.672. The van der Waals surface area contributed by atoms with Gasteiger partial charge < -0.3 is 5.73 Å². The van der Waals surface area contributed by atoms with Gasteiger partial charge in [-0.1, -0.05) is 0 Å². The molecule has 0 atom stereocenters. The Morgan fingerprint density at radius 1 is 1.24 bits per heavy atom. The van der Waals surface area contributed by atoms with Crippen molar-refractivity contribution in [3.8, 4) is 11.5 Å². The molecule has 0 aromatic carbocycles. The molecule has 0 aliphatic carbocycles. The molecule has 0 spiro atoms. The molecule has 17 heavy (non-hydrogen) atoms. The molecule has 0 amide bonds. The monoisotopic (exact) mass is 228 g/mol. The van der Waals surface area contributed by atoms with Crippen molar-refractivity contribution in [3.63, 3.8) is 0 Å². The molecular formula is C11H12N6. The molecule has 0 unspecified atom stereocenters. The van der Waals surface area contributed by atoms with Crippen LogP contribution < -0.4 is 5.73 Å². The molecule has 3 aromatic heterocycles. The van der Waals surface area contributed by atoms with E-state index < -0.39 is 0 Å². The van der Waals surface area contributed by atoms with E-state index in [1.165, 1.54) is 0 Å². The van der Waals surface area contributed by atoms with E-state index in [2.05, 4.69) is 15.3 Å². The van der Waals surface area contributed by atoms with E-state index in [9.17, 15) is 0 Å². The fourth-order valence-electron chi connectivity index (χ4n) is 1.75. The van der Waals surface area contributed by atoms with E-state index in [4.69, 9.17) is 5.73 Å². The summed E-state index contributed by atoms with van der Waals surface area (Å²) in [4.78, 5) is 0. The minimum Gasteiger partial charge on any atom is -0.398 e. The fraction of sp³-hybridized carbons (Fsp3) is 0.182. The molecule has 0 saturated heterocycles. The van der Waals surface area contributed by atoms with Gasteiger partial charge in [-0.15, -0.1) is 10.2 Å². The van der Waals surface area contributed by atoms with Crippen molar-refractivity contribution in [2.75, 3.05) is 5.73 Å². The maximum atomic E-state index is 5.76. The Kier molecular flexibility index (Phi) is 1.91. The van der Waals surface area contributed by atoms with E-state index in [0.29, 0.717) is 11.5 Å². The third-order valence-corrected chi connectivity index (χ3v) is 2.77. The highest BCUT2D eigenvalue weighted by atomic mass is 15.3. The molecule has 0 aliphatic rings. The number of pyridine rings is 1. The maximum Gasteiger partial charge on any atom is 0.188 e. The Hall–Kier alpha value is -2.37. The van der Waals surface area contributed by atoms with E-state index in [-0.39, 0.29) is 0 Å². The van der Waals surface area contributed by atoms with Gasteiger partial charge in [0, 0.05) is 24.6 Å². The van der Waals surface area contributed by atoms with Crippen molar-refractivity contribution in [2.45, 2.75) is 6.92 Å².